The van der Waals surface area contributed by atoms with Crippen molar-refractivity contribution in [2.24, 2.45) is 0 Å². The van der Waals surface area contributed by atoms with Gasteiger partial charge in [-0.05, 0) is 17.7 Å². The number of anilines is 1. The van der Waals surface area contributed by atoms with E-state index in [1.165, 1.54) is 18.2 Å². The highest BCUT2D eigenvalue weighted by Gasteiger charge is 2.26. The maximum atomic E-state index is 11.8. The summed E-state index contributed by atoms with van der Waals surface area (Å²) in [4.78, 5) is 47.6. The summed E-state index contributed by atoms with van der Waals surface area (Å²) in [5.41, 5.74) is 2.23. The molecule has 1 aromatic carbocycles. The van der Waals surface area contributed by atoms with Gasteiger partial charge in [0.2, 0.25) is 0 Å². The molecule has 9 heteroatoms. The number of aromatic amines is 1. The molecule has 0 atom stereocenters. The van der Waals surface area contributed by atoms with Gasteiger partial charge in [0, 0.05) is 5.56 Å². The fraction of sp³-hybridized carbons (Fsp3) is 0. The van der Waals surface area contributed by atoms with Gasteiger partial charge < -0.3 is 26.0 Å². The van der Waals surface area contributed by atoms with Crippen molar-refractivity contribution in [3.63, 3.8) is 0 Å². The molecule has 0 aliphatic carbocycles. The summed E-state index contributed by atoms with van der Waals surface area (Å²) >= 11 is 0. The highest BCUT2D eigenvalue weighted by Crippen LogP contribution is 2.29. The van der Waals surface area contributed by atoms with Gasteiger partial charge in [0.1, 0.15) is 16.9 Å². The maximum absolute atomic E-state index is 11.8. The van der Waals surface area contributed by atoms with E-state index in [4.69, 9.17) is 10.8 Å². The Bertz CT molecular complexity index is 898. The van der Waals surface area contributed by atoms with Crippen LogP contribution in [0.5, 0.6) is 0 Å². The number of hydrogen-bond donors (Lipinski definition) is 5. The summed E-state index contributed by atoms with van der Waals surface area (Å²) in [5.74, 6) is -5.04. The lowest BCUT2D eigenvalue weighted by Crippen LogP contribution is -2.24. The monoisotopic (exact) mass is 318 g/mol. The number of aromatic nitrogens is 1. The average Bonchev–Trinajstić information content (AvgIpc) is 2.45. The number of aromatic carboxylic acids is 3. The Kier molecular flexibility index (Phi) is 3.86. The third-order valence-electron chi connectivity index (χ3n) is 3.07. The van der Waals surface area contributed by atoms with Gasteiger partial charge in [0.05, 0.1) is 5.56 Å². The van der Waals surface area contributed by atoms with E-state index in [1.54, 1.807) is 0 Å². The first kappa shape index (κ1) is 15.8. The maximum Gasteiger partial charge on any atom is 0.342 e. The highest BCUT2D eigenvalue weighted by molar-refractivity contribution is 6.07. The van der Waals surface area contributed by atoms with Crippen molar-refractivity contribution in [3.05, 3.63) is 51.3 Å². The van der Waals surface area contributed by atoms with E-state index >= 15 is 0 Å². The molecular formula is C14H10N2O7. The second-order valence-corrected chi connectivity index (χ2v) is 4.49. The molecule has 9 nitrogen and oxygen atoms in total. The second-order valence-electron chi connectivity index (χ2n) is 4.49. The molecule has 0 radical (unpaired) electrons. The first-order valence-corrected chi connectivity index (χ1v) is 6.10. The van der Waals surface area contributed by atoms with Crippen LogP contribution in [0.15, 0.2) is 29.1 Å². The number of carboxylic acids is 3. The quantitative estimate of drug-likeness (QED) is 0.548. The SMILES string of the molecule is Nc1[nH]c(=O)c(C(=O)O)c(-c2cccc(C(=O)O)c2)c1C(=O)O. The van der Waals surface area contributed by atoms with Crippen LogP contribution in [0, 0.1) is 0 Å². The van der Waals surface area contributed by atoms with Crippen molar-refractivity contribution in [1.29, 1.82) is 0 Å². The Labute approximate surface area is 127 Å². The summed E-state index contributed by atoms with van der Waals surface area (Å²) in [6.07, 6.45) is 0. The van der Waals surface area contributed by atoms with Gasteiger partial charge >= 0.3 is 17.9 Å². The fourth-order valence-electron chi connectivity index (χ4n) is 2.14. The summed E-state index contributed by atoms with van der Waals surface area (Å²) in [5, 5.41) is 27.5. The van der Waals surface area contributed by atoms with Crippen molar-refractivity contribution in [3.8, 4) is 11.1 Å². The summed E-state index contributed by atoms with van der Waals surface area (Å²) in [7, 11) is 0. The largest absolute Gasteiger partial charge is 0.478 e. The zero-order valence-electron chi connectivity index (χ0n) is 11.4. The minimum Gasteiger partial charge on any atom is -0.478 e. The highest BCUT2D eigenvalue weighted by atomic mass is 16.4. The topological polar surface area (TPSA) is 171 Å². The number of carboxylic acid groups (broad SMARTS) is 3. The van der Waals surface area contributed by atoms with Gasteiger partial charge in [-0.3, -0.25) is 4.79 Å². The minimum absolute atomic E-state index is 0.0579. The van der Waals surface area contributed by atoms with Crippen molar-refractivity contribution in [1.82, 2.24) is 4.98 Å². The Morgan fingerprint density at radius 1 is 0.957 bits per heavy atom. The number of pyridine rings is 1. The predicted molar refractivity (Wildman–Crippen MR) is 77.8 cm³/mol. The van der Waals surface area contributed by atoms with Gasteiger partial charge in [0.15, 0.2) is 0 Å². The molecule has 0 aliphatic heterocycles. The lowest BCUT2D eigenvalue weighted by Gasteiger charge is -2.12. The zero-order chi connectivity index (χ0) is 17.3. The number of nitrogen functional groups attached to an aromatic ring is 1. The normalized spacial score (nSPS) is 10.3. The van der Waals surface area contributed by atoms with E-state index < -0.39 is 46.0 Å². The lowest BCUT2D eigenvalue weighted by atomic mass is 9.94. The van der Waals surface area contributed by atoms with Crippen molar-refractivity contribution >= 4 is 23.7 Å². The first-order chi connectivity index (χ1) is 10.7. The number of nitrogens with one attached hydrogen (secondary N) is 1. The van der Waals surface area contributed by atoms with Gasteiger partial charge in [-0.15, -0.1) is 0 Å². The Hall–Kier alpha value is -3.62. The molecule has 0 spiro atoms. The number of H-pyrrole nitrogens is 1. The molecule has 1 heterocycles. The third kappa shape index (κ3) is 2.75. The van der Waals surface area contributed by atoms with E-state index in [9.17, 15) is 29.4 Å². The average molecular weight is 318 g/mol. The van der Waals surface area contributed by atoms with Crippen LogP contribution in [0.1, 0.15) is 31.1 Å². The van der Waals surface area contributed by atoms with E-state index in [-0.39, 0.29) is 11.1 Å². The van der Waals surface area contributed by atoms with Gasteiger partial charge in [-0.25, -0.2) is 14.4 Å². The number of carbonyl (C=O) groups is 3. The number of nitrogens with two attached hydrogens (primary N) is 1. The van der Waals surface area contributed by atoms with Crippen LogP contribution in [0.25, 0.3) is 11.1 Å². The van der Waals surface area contributed by atoms with Crippen molar-refractivity contribution < 1.29 is 29.7 Å². The van der Waals surface area contributed by atoms with Crippen LogP contribution in [-0.2, 0) is 0 Å². The summed E-state index contributed by atoms with van der Waals surface area (Å²) in [6, 6.07) is 4.89. The molecule has 0 saturated heterocycles. The van der Waals surface area contributed by atoms with E-state index in [0.717, 1.165) is 6.07 Å². The zero-order valence-corrected chi connectivity index (χ0v) is 11.4. The molecule has 0 bridgehead atoms. The smallest absolute Gasteiger partial charge is 0.342 e. The standard InChI is InChI=1S/C14H10N2O7/c15-10-8(13(20)21)7(9(14(22)23)11(17)16-10)5-2-1-3-6(4-5)12(18)19/h1-4H,(H,18,19)(H,20,21)(H,22,23)(H3,15,16,17). The molecular weight excluding hydrogens is 308 g/mol. The third-order valence-corrected chi connectivity index (χ3v) is 3.07. The van der Waals surface area contributed by atoms with Crippen molar-refractivity contribution in [2.75, 3.05) is 5.73 Å². The van der Waals surface area contributed by atoms with Crippen LogP contribution in [0.3, 0.4) is 0 Å². The fourth-order valence-corrected chi connectivity index (χ4v) is 2.14. The molecule has 0 unspecified atom stereocenters. The number of benzene rings is 1. The van der Waals surface area contributed by atoms with Crippen LogP contribution in [0.2, 0.25) is 0 Å². The Morgan fingerprint density at radius 2 is 1.57 bits per heavy atom. The van der Waals surface area contributed by atoms with Crippen LogP contribution < -0.4 is 11.3 Å². The molecule has 0 saturated carbocycles. The van der Waals surface area contributed by atoms with Gasteiger partial charge in [0.25, 0.3) is 5.56 Å². The molecule has 6 N–H and O–H groups in total. The molecule has 23 heavy (non-hydrogen) atoms. The summed E-state index contributed by atoms with van der Waals surface area (Å²) in [6.45, 7) is 0. The van der Waals surface area contributed by atoms with E-state index in [0.29, 0.717) is 0 Å². The molecule has 0 fully saturated rings. The molecule has 1 aromatic heterocycles. The van der Waals surface area contributed by atoms with Crippen LogP contribution in [-0.4, -0.2) is 38.2 Å². The molecule has 0 aliphatic rings. The Morgan fingerprint density at radius 3 is 2.09 bits per heavy atom. The van der Waals surface area contributed by atoms with E-state index in [1.807, 2.05) is 4.98 Å². The summed E-state index contributed by atoms with van der Waals surface area (Å²) < 4.78 is 0. The molecule has 118 valence electrons. The molecule has 2 rings (SSSR count). The molecule has 2 aromatic rings. The van der Waals surface area contributed by atoms with Crippen LogP contribution >= 0.6 is 0 Å². The first-order valence-electron chi connectivity index (χ1n) is 6.10. The van der Waals surface area contributed by atoms with Gasteiger partial charge in [-0.2, -0.15) is 0 Å². The second kappa shape index (κ2) is 5.64. The minimum atomic E-state index is -1.66. The van der Waals surface area contributed by atoms with Gasteiger partial charge in [-0.1, -0.05) is 12.1 Å². The van der Waals surface area contributed by atoms with Crippen molar-refractivity contribution in [2.45, 2.75) is 0 Å². The molecule has 0 amide bonds. The van der Waals surface area contributed by atoms with E-state index in [2.05, 4.69) is 0 Å². The predicted octanol–water partition coefficient (Wildman–Crippen LogP) is 0.719. The Balaban J connectivity index is 2.97. The van der Waals surface area contributed by atoms with Crippen LogP contribution in [0.4, 0.5) is 5.82 Å². The number of rotatable bonds is 4. The lowest BCUT2D eigenvalue weighted by molar-refractivity contribution is 0.0683. The number of hydrogen-bond acceptors (Lipinski definition) is 5.